The van der Waals surface area contributed by atoms with Crippen molar-refractivity contribution < 1.29 is 4.74 Å². The second-order valence-corrected chi connectivity index (χ2v) is 6.05. The van der Waals surface area contributed by atoms with Gasteiger partial charge >= 0.3 is 0 Å². The molecule has 1 aliphatic rings. The number of hydrogen-bond donors (Lipinski definition) is 0. The van der Waals surface area contributed by atoms with E-state index in [9.17, 15) is 0 Å². The summed E-state index contributed by atoms with van der Waals surface area (Å²) in [6.07, 6.45) is 7.09. The van der Waals surface area contributed by atoms with Gasteiger partial charge in [0.15, 0.2) is 0 Å². The van der Waals surface area contributed by atoms with Crippen molar-refractivity contribution in [1.82, 2.24) is 0 Å². The molecule has 0 amide bonds. The van der Waals surface area contributed by atoms with Gasteiger partial charge in [0.25, 0.3) is 0 Å². The Hall–Kier alpha value is -0.500. The highest BCUT2D eigenvalue weighted by atomic mass is 79.9. The molecule has 94 valence electrons. The molecule has 1 aliphatic carbocycles. The molecule has 0 spiro atoms. The number of hydrogen-bond acceptors (Lipinski definition) is 1. The van der Waals surface area contributed by atoms with Crippen LogP contribution >= 0.6 is 15.9 Å². The van der Waals surface area contributed by atoms with E-state index in [0.29, 0.717) is 0 Å². The Morgan fingerprint density at radius 3 is 2.47 bits per heavy atom. The Labute approximate surface area is 113 Å². The third-order valence-corrected chi connectivity index (χ3v) is 4.01. The summed E-state index contributed by atoms with van der Waals surface area (Å²) in [7, 11) is 0. The van der Waals surface area contributed by atoms with E-state index in [1.54, 1.807) is 0 Å². The van der Waals surface area contributed by atoms with Crippen LogP contribution in [-0.2, 0) is 0 Å². The minimum absolute atomic E-state index is 0.229. The highest BCUT2D eigenvalue weighted by Gasteiger charge is 2.16. The van der Waals surface area contributed by atoms with Crippen LogP contribution in [0.1, 0.15) is 57.4 Å². The molecule has 0 aromatic heterocycles. The molecule has 0 aliphatic heterocycles. The van der Waals surface area contributed by atoms with Crippen molar-refractivity contribution in [2.24, 2.45) is 0 Å². The predicted octanol–water partition coefficient (Wildman–Crippen LogP) is 5.28. The van der Waals surface area contributed by atoms with Crippen LogP contribution in [0.4, 0.5) is 0 Å². The molecule has 0 saturated heterocycles. The van der Waals surface area contributed by atoms with Gasteiger partial charge in [-0.1, -0.05) is 25.3 Å². The molecule has 1 aromatic rings. The molecular weight excluding hydrogens is 276 g/mol. The zero-order valence-corrected chi connectivity index (χ0v) is 12.3. The molecule has 17 heavy (non-hydrogen) atoms. The molecule has 0 unspecified atom stereocenters. The van der Waals surface area contributed by atoms with Crippen molar-refractivity contribution in [2.75, 3.05) is 0 Å². The van der Waals surface area contributed by atoms with Crippen molar-refractivity contribution in [3.8, 4) is 5.75 Å². The van der Waals surface area contributed by atoms with E-state index in [1.807, 2.05) is 0 Å². The topological polar surface area (TPSA) is 9.23 Å². The van der Waals surface area contributed by atoms with Crippen molar-refractivity contribution in [1.29, 1.82) is 0 Å². The number of halogens is 1. The monoisotopic (exact) mass is 296 g/mol. The fourth-order valence-electron chi connectivity index (χ4n) is 2.56. The van der Waals surface area contributed by atoms with Gasteiger partial charge in [-0.2, -0.15) is 0 Å². The maximum Gasteiger partial charge on any atom is 0.133 e. The normalized spacial score (nSPS) is 17.4. The lowest BCUT2D eigenvalue weighted by Gasteiger charge is -2.22. The Balaban J connectivity index is 2.12. The molecule has 0 bridgehead atoms. The van der Waals surface area contributed by atoms with Gasteiger partial charge in [-0.25, -0.2) is 0 Å². The average molecular weight is 297 g/mol. The molecule has 0 heterocycles. The van der Waals surface area contributed by atoms with Crippen molar-refractivity contribution in [2.45, 2.75) is 58.0 Å². The Morgan fingerprint density at radius 1 is 1.18 bits per heavy atom. The first-order valence-electron chi connectivity index (χ1n) is 6.63. The molecule has 0 radical (unpaired) electrons. The van der Waals surface area contributed by atoms with Crippen LogP contribution in [0.2, 0.25) is 0 Å². The highest BCUT2D eigenvalue weighted by Crippen LogP contribution is 2.36. The Bertz CT molecular complexity index is 367. The molecule has 2 rings (SSSR count). The van der Waals surface area contributed by atoms with Crippen LogP contribution in [0.15, 0.2) is 22.7 Å². The first kappa shape index (κ1) is 12.9. The maximum atomic E-state index is 5.74. The van der Waals surface area contributed by atoms with Crippen LogP contribution in [-0.4, -0.2) is 6.10 Å². The van der Waals surface area contributed by atoms with Gasteiger partial charge in [0, 0.05) is 0 Å². The second-order valence-electron chi connectivity index (χ2n) is 5.19. The first-order chi connectivity index (χ1) is 8.16. The molecule has 2 heteroatoms. The second kappa shape index (κ2) is 5.90. The summed E-state index contributed by atoms with van der Waals surface area (Å²) >= 11 is 3.62. The number of ether oxygens (including phenoxy) is 1. The van der Waals surface area contributed by atoms with E-state index in [-0.39, 0.29) is 6.10 Å². The summed E-state index contributed by atoms with van der Waals surface area (Å²) in [4.78, 5) is 0. The lowest BCUT2D eigenvalue weighted by molar-refractivity contribution is 0.240. The molecular formula is C15H21BrO. The fourth-order valence-corrected chi connectivity index (χ4v) is 3.05. The van der Waals surface area contributed by atoms with Crippen molar-refractivity contribution in [3.05, 3.63) is 28.2 Å². The molecule has 1 fully saturated rings. The summed E-state index contributed by atoms with van der Waals surface area (Å²) in [5.74, 6) is 1.72. The highest BCUT2D eigenvalue weighted by molar-refractivity contribution is 9.10. The third kappa shape index (κ3) is 3.48. The first-order valence-corrected chi connectivity index (χ1v) is 7.42. The Morgan fingerprint density at radius 2 is 1.88 bits per heavy atom. The number of benzene rings is 1. The van der Waals surface area contributed by atoms with Crippen LogP contribution in [0.3, 0.4) is 0 Å². The zero-order chi connectivity index (χ0) is 12.3. The van der Waals surface area contributed by atoms with Crippen LogP contribution in [0, 0.1) is 0 Å². The largest absolute Gasteiger partial charge is 0.490 e. The average Bonchev–Trinajstić information content (AvgIpc) is 2.32. The smallest absolute Gasteiger partial charge is 0.133 e. The van der Waals surface area contributed by atoms with E-state index in [0.717, 1.165) is 16.1 Å². The van der Waals surface area contributed by atoms with Crippen LogP contribution < -0.4 is 4.74 Å². The molecule has 1 saturated carbocycles. The van der Waals surface area contributed by atoms with Crippen LogP contribution in [0.5, 0.6) is 5.75 Å². The lowest BCUT2D eigenvalue weighted by atomic mass is 9.84. The fraction of sp³-hybridized carbons (Fsp3) is 0.600. The summed E-state index contributed by atoms with van der Waals surface area (Å²) in [6.45, 7) is 4.11. The van der Waals surface area contributed by atoms with Gasteiger partial charge < -0.3 is 4.74 Å². The molecule has 0 atom stereocenters. The Kier molecular flexibility index (Phi) is 4.49. The van der Waals surface area contributed by atoms with Crippen molar-refractivity contribution in [3.63, 3.8) is 0 Å². The minimum Gasteiger partial charge on any atom is -0.490 e. The maximum absolute atomic E-state index is 5.74. The SMILES string of the molecule is CC(C)Oc1ccc(C2CCCCC2)cc1Br. The molecule has 1 aromatic carbocycles. The summed E-state index contributed by atoms with van der Waals surface area (Å²) in [5.41, 5.74) is 1.47. The van der Waals surface area contributed by atoms with Crippen LogP contribution in [0.25, 0.3) is 0 Å². The van der Waals surface area contributed by atoms with Gasteiger partial charge in [0.1, 0.15) is 5.75 Å². The van der Waals surface area contributed by atoms with Crippen molar-refractivity contribution >= 4 is 15.9 Å². The predicted molar refractivity (Wildman–Crippen MR) is 75.7 cm³/mol. The quantitative estimate of drug-likeness (QED) is 0.737. The van der Waals surface area contributed by atoms with Gasteiger partial charge in [-0.05, 0) is 66.2 Å². The van der Waals surface area contributed by atoms with E-state index >= 15 is 0 Å². The lowest BCUT2D eigenvalue weighted by Crippen LogP contribution is -2.07. The molecule has 0 N–H and O–H groups in total. The summed E-state index contributed by atoms with van der Waals surface area (Å²) in [5, 5.41) is 0. The van der Waals surface area contributed by atoms with E-state index in [1.165, 1.54) is 37.7 Å². The summed E-state index contributed by atoms with van der Waals surface area (Å²) < 4.78 is 6.83. The van der Waals surface area contributed by atoms with Gasteiger partial charge in [-0.3, -0.25) is 0 Å². The van der Waals surface area contributed by atoms with Gasteiger partial charge in [0.05, 0.1) is 10.6 Å². The zero-order valence-electron chi connectivity index (χ0n) is 10.7. The van der Waals surface area contributed by atoms with Gasteiger partial charge in [0.2, 0.25) is 0 Å². The minimum atomic E-state index is 0.229. The van der Waals surface area contributed by atoms with E-state index in [2.05, 4.69) is 48.0 Å². The summed E-state index contributed by atoms with van der Waals surface area (Å²) in [6, 6.07) is 6.58. The standard InChI is InChI=1S/C15H21BrO/c1-11(2)17-15-9-8-13(10-14(15)16)12-6-4-3-5-7-12/h8-12H,3-7H2,1-2H3. The van der Waals surface area contributed by atoms with E-state index in [4.69, 9.17) is 4.74 Å². The third-order valence-electron chi connectivity index (χ3n) is 3.40. The number of rotatable bonds is 3. The van der Waals surface area contributed by atoms with Gasteiger partial charge in [-0.15, -0.1) is 0 Å². The van der Waals surface area contributed by atoms with E-state index < -0.39 is 0 Å². The molecule has 1 nitrogen and oxygen atoms in total.